The van der Waals surface area contributed by atoms with Crippen LogP contribution in [0.5, 0.6) is 5.75 Å². The molecule has 0 aliphatic rings. The third kappa shape index (κ3) is 6.21. The van der Waals surface area contributed by atoms with Crippen molar-refractivity contribution in [3.05, 3.63) is 98.0 Å². The smallest absolute Gasteiger partial charge is 0.266 e. The van der Waals surface area contributed by atoms with Crippen LogP contribution < -0.4 is 10.1 Å². The zero-order valence-corrected chi connectivity index (χ0v) is 19.4. The lowest BCUT2D eigenvalue weighted by atomic mass is 10.1. The Morgan fingerprint density at radius 3 is 2.55 bits per heavy atom. The molecule has 0 aliphatic carbocycles. The first kappa shape index (κ1) is 22.6. The highest BCUT2D eigenvalue weighted by Gasteiger charge is 2.13. The van der Waals surface area contributed by atoms with Gasteiger partial charge in [-0.1, -0.05) is 57.4 Å². The van der Waals surface area contributed by atoms with Gasteiger partial charge in [0.25, 0.3) is 5.91 Å². The Morgan fingerprint density at radius 2 is 1.87 bits per heavy atom. The van der Waals surface area contributed by atoms with E-state index in [0.717, 1.165) is 21.2 Å². The molecular weight excluding hydrogens is 476 g/mol. The van der Waals surface area contributed by atoms with Crippen molar-refractivity contribution >= 4 is 45.2 Å². The molecule has 0 aromatic heterocycles. The number of nitrogens with zero attached hydrogens (tertiary/aromatic N) is 1. The van der Waals surface area contributed by atoms with Crippen molar-refractivity contribution in [1.29, 1.82) is 5.26 Å². The molecule has 0 atom stereocenters. The standard InChI is InChI=1S/C25H20BrClN2O2/c1-16-3-9-23(17(2)11-16)29-25(30)20(14-28)12-19-13-21(26)6-10-24(19)31-15-18-4-7-22(27)8-5-18/h3-13H,15H2,1-2H3,(H,29,30)/b20-12+. The van der Waals surface area contributed by atoms with Crippen molar-refractivity contribution in [1.82, 2.24) is 0 Å². The fraction of sp³-hybridized carbons (Fsp3) is 0.120. The lowest BCUT2D eigenvalue weighted by molar-refractivity contribution is -0.112. The van der Waals surface area contributed by atoms with Gasteiger partial charge in [-0.05, 0) is 67.4 Å². The number of nitriles is 1. The van der Waals surface area contributed by atoms with E-state index >= 15 is 0 Å². The van der Waals surface area contributed by atoms with Crippen LogP contribution in [0.2, 0.25) is 5.02 Å². The minimum Gasteiger partial charge on any atom is -0.488 e. The molecule has 4 nitrogen and oxygen atoms in total. The number of rotatable bonds is 6. The molecule has 0 fully saturated rings. The first-order chi connectivity index (χ1) is 14.9. The van der Waals surface area contributed by atoms with E-state index in [4.69, 9.17) is 16.3 Å². The fourth-order valence-electron chi connectivity index (χ4n) is 2.95. The van der Waals surface area contributed by atoms with Gasteiger partial charge in [0.15, 0.2) is 0 Å². The number of hydrogen-bond donors (Lipinski definition) is 1. The second-order valence-corrected chi connectivity index (χ2v) is 8.39. The lowest BCUT2D eigenvalue weighted by Crippen LogP contribution is -2.14. The monoisotopic (exact) mass is 494 g/mol. The Labute approximate surface area is 195 Å². The molecule has 1 amide bonds. The van der Waals surface area contributed by atoms with Gasteiger partial charge in [0.2, 0.25) is 0 Å². The number of hydrogen-bond acceptors (Lipinski definition) is 3. The molecule has 0 unspecified atom stereocenters. The molecule has 0 spiro atoms. The van der Waals surface area contributed by atoms with Gasteiger partial charge in [0.05, 0.1) is 0 Å². The number of aryl methyl sites for hydroxylation is 2. The molecule has 3 aromatic carbocycles. The number of benzene rings is 3. The van der Waals surface area contributed by atoms with E-state index in [0.29, 0.717) is 28.6 Å². The molecule has 3 rings (SSSR count). The highest BCUT2D eigenvalue weighted by molar-refractivity contribution is 9.10. The second-order valence-electron chi connectivity index (χ2n) is 7.04. The van der Waals surface area contributed by atoms with Crippen LogP contribution in [0.3, 0.4) is 0 Å². The normalized spacial score (nSPS) is 11.0. The fourth-order valence-corrected chi connectivity index (χ4v) is 3.46. The van der Waals surface area contributed by atoms with Crippen molar-refractivity contribution < 1.29 is 9.53 Å². The van der Waals surface area contributed by atoms with Gasteiger partial charge in [-0.25, -0.2) is 0 Å². The Bertz CT molecular complexity index is 1180. The SMILES string of the molecule is Cc1ccc(NC(=O)/C(C#N)=C/c2cc(Br)ccc2OCc2ccc(Cl)cc2)c(C)c1. The molecule has 156 valence electrons. The van der Waals surface area contributed by atoms with Crippen LogP contribution in [-0.2, 0) is 11.4 Å². The van der Waals surface area contributed by atoms with E-state index in [1.807, 2.05) is 56.3 Å². The first-order valence-corrected chi connectivity index (χ1v) is 10.7. The highest BCUT2D eigenvalue weighted by atomic mass is 79.9. The molecule has 31 heavy (non-hydrogen) atoms. The van der Waals surface area contributed by atoms with Crippen molar-refractivity contribution in [2.45, 2.75) is 20.5 Å². The maximum atomic E-state index is 12.7. The van der Waals surface area contributed by atoms with E-state index in [2.05, 4.69) is 21.2 Å². The van der Waals surface area contributed by atoms with Gasteiger partial charge in [0, 0.05) is 20.7 Å². The van der Waals surface area contributed by atoms with Crippen LogP contribution in [-0.4, -0.2) is 5.91 Å². The summed E-state index contributed by atoms with van der Waals surface area (Å²) in [7, 11) is 0. The summed E-state index contributed by atoms with van der Waals surface area (Å²) < 4.78 is 6.75. The average Bonchev–Trinajstić information content (AvgIpc) is 2.74. The van der Waals surface area contributed by atoms with Crippen LogP contribution in [0.4, 0.5) is 5.69 Å². The van der Waals surface area contributed by atoms with E-state index < -0.39 is 5.91 Å². The Morgan fingerprint density at radius 1 is 1.13 bits per heavy atom. The van der Waals surface area contributed by atoms with Gasteiger partial charge in [-0.2, -0.15) is 5.26 Å². The first-order valence-electron chi connectivity index (χ1n) is 9.53. The maximum Gasteiger partial charge on any atom is 0.266 e. The quantitative estimate of drug-likeness (QED) is 0.301. The summed E-state index contributed by atoms with van der Waals surface area (Å²) in [5.74, 6) is 0.0864. The number of carbonyl (C=O) groups excluding carboxylic acids is 1. The summed E-state index contributed by atoms with van der Waals surface area (Å²) in [6, 6.07) is 20.5. The summed E-state index contributed by atoms with van der Waals surface area (Å²) >= 11 is 9.36. The van der Waals surface area contributed by atoms with E-state index in [9.17, 15) is 10.1 Å². The summed E-state index contributed by atoms with van der Waals surface area (Å²) in [5.41, 5.74) is 4.26. The Kier molecular flexibility index (Phi) is 7.51. The largest absolute Gasteiger partial charge is 0.488 e. The predicted octanol–water partition coefficient (Wildman–Crippen LogP) is 6.84. The van der Waals surface area contributed by atoms with Crippen molar-refractivity contribution in [3.8, 4) is 11.8 Å². The summed E-state index contributed by atoms with van der Waals surface area (Å²) in [6.45, 7) is 4.23. The third-order valence-electron chi connectivity index (χ3n) is 4.57. The van der Waals surface area contributed by atoms with Gasteiger partial charge < -0.3 is 10.1 Å². The van der Waals surface area contributed by atoms with Gasteiger partial charge in [-0.15, -0.1) is 0 Å². The van der Waals surface area contributed by atoms with Crippen LogP contribution in [0.15, 0.2) is 70.7 Å². The number of halogens is 2. The van der Waals surface area contributed by atoms with Crippen LogP contribution in [0.1, 0.15) is 22.3 Å². The average molecular weight is 496 g/mol. The van der Waals surface area contributed by atoms with Gasteiger partial charge >= 0.3 is 0 Å². The topological polar surface area (TPSA) is 62.1 Å². The molecule has 0 saturated heterocycles. The van der Waals surface area contributed by atoms with Crippen LogP contribution in [0.25, 0.3) is 6.08 Å². The Balaban J connectivity index is 1.83. The zero-order valence-electron chi connectivity index (χ0n) is 17.1. The molecule has 0 radical (unpaired) electrons. The van der Waals surface area contributed by atoms with Crippen molar-refractivity contribution in [2.75, 3.05) is 5.32 Å². The van der Waals surface area contributed by atoms with Crippen LogP contribution in [0, 0.1) is 25.2 Å². The van der Waals surface area contributed by atoms with E-state index in [1.54, 1.807) is 24.3 Å². The molecule has 6 heteroatoms. The van der Waals surface area contributed by atoms with Crippen molar-refractivity contribution in [3.63, 3.8) is 0 Å². The number of anilines is 1. The number of carbonyl (C=O) groups is 1. The number of nitrogens with one attached hydrogen (secondary N) is 1. The number of amides is 1. The predicted molar refractivity (Wildman–Crippen MR) is 128 cm³/mol. The molecular formula is C25H20BrClN2O2. The molecule has 0 heterocycles. The molecule has 0 saturated carbocycles. The maximum absolute atomic E-state index is 12.7. The minimum absolute atomic E-state index is 0.0191. The van der Waals surface area contributed by atoms with Crippen LogP contribution >= 0.6 is 27.5 Å². The second kappa shape index (κ2) is 10.3. The Hall–Kier alpha value is -3.07. The minimum atomic E-state index is -0.474. The van der Waals surface area contributed by atoms with Gasteiger partial charge in [0.1, 0.15) is 24.0 Å². The van der Waals surface area contributed by atoms with E-state index in [-0.39, 0.29) is 5.57 Å². The molecule has 3 aromatic rings. The van der Waals surface area contributed by atoms with E-state index in [1.165, 1.54) is 6.08 Å². The molecule has 0 bridgehead atoms. The molecule has 1 N–H and O–H groups in total. The summed E-state index contributed by atoms with van der Waals surface area (Å²) in [5, 5.41) is 13.1. The van der Waals surface area contributed by atoms with Gasteiger partial charge in [-0.3, -0.25) is 4.79 Å². The number of ether oxygens (including phenoxy) is 1. The molecule has 0 aliphatic heterocycles. The summed E-state index contributed by atoms with van der Waals surface area (Å²) in [6.07, 6.45) is 1.53. The highest BCUT2D eigenvalue weighted by Crippen LogP contribution is 2.27. The van der Waals surface area contributed by atoms with Crippen molar-refractivity contribution in [2.24, 2.45) is 0 Å². The third-order valence-corrected chi connectivity index (χ3v) is 5.32. The zero-order chi connectivity index (χ0) is 22.4. The lowest BCUT2D eigenvalue weighted by Gasteiger charge is -2.11. The summed E-state index contributed by atoms with van der Waals surface area (Å²) in [4.78, 5) is 12.7.